The fourth-order valence-electron chi connectivity index (χ4n) is 2.10. The highest BCUT2D eigenvalue weighted by Gasteiger charge is 2.32. The van der Waals surface area contributed by atoms with Crippen LogP contribution in [0.2, 0.25) is 5.02 Å². The van der Waals surface area contributed by atoms with Crippen molar-refractivity contribution in [3.63, 3.8) is 0 Å². The lowest BCUT2D eigenvalue weighted by atomic mass is 9.92. The van der Waals surface area contributed by atoms with Crippen molar-refractivity contribution in [3.8, 4) is 5.88 Å². The minimum atomic E-state index is -4.54. The van der Waals surface area contributed by atoms with Gasteiger partial charge in [-0.2, -0.15) is 13.2 Å². The summed E-state index contributed by atoms with van der Waals surface area (Å²) in [7, 11) is 0. The first kappa shape index (κ1) is 20.0. The highest BCUT2D eigenvalue weighted by molar-refractivity contribution is 6.31. The molecule has 9 heteroatoms. The Labute approximate surface area is 153 Å². The van der Waals surface area contributed by atoms with Gasteiger partial charge in [0.1, 0.15) is 17.2 Å². The summed E-state index contributed by atoms with van der Waals surface area (Å²) in [5, 5.41) is 2.34. The van der Waals surface area contributed by atoms with Crippen LogP contribution in [0.5, 0.6) is 5.88 Å². The molecule has 0 aliphatic rings. The first-order valence-electron chi connectivity index (χ1n) is 7.60. The number of carbonyl (C=O) groups is 1. The van der Waals surface area contributed by atoms with E-state index in [4.69, 9.17) is 22.1 Å². The summed E-state index contributed by atoms with van der Waals surface area (Å²) in [6, 6.07) is 9.56. The first-order chi connectivity index (χ1) is 12.1. The number of amides is 1. The monoisotopic (exact) mass is 387 g/mol. The Bertz CT molecular complexity index is 768. The standard InChI is InChI=1S/C17H17ClF3N3O2/c1-16(22,11-5-3-2-4-6-11)15(25)23-7-8-26-14-13(18)9-12(10-24-14)17(19,20)21/h2-6,9-10H,7-8,22H2,1H3,(H,23,25). The number of pyridine rings is 1. The molecule has 0 saturated carbocycles. The Morgan fingerprint density at radius 2 is 1.92 bits per heavy atom. The summed E-state index contributed by atoms with van der Waals surface area (Å²) >= 11 is 5.73. The van der Waals surface area contributed by atoms with Crippen molar-refractivity contribution in [3.05, 3.63) is 58.7 Å². The summed E-state index contributed by atoms with van der Waals surface area (Å²) in [6.07, 6.45) is -3.90. The molecule has 2 rings (SSSR count). The number of carbonyl (C=O) groups excluding carboxylic acids is 1. The molecule has 1 aromatic carbocycles. The zero-order valence-corrected chi connectivity index (χ0v) is 14.6. The molecule has 140 valence electrons. The Morgan fingerprint density at radius 1 is 1.27 bits per heavy atom. The number of nitrogens with two attached hydrogens (primary N) is 1. The molecule has 0 saturated heterocycles. The minimum Gasteiger partial charge on any atom is -0.475 e. The number of ether oxygens (including phenoxy) is 1. The van der Waals surface area contributed by atoms with E-state index in [9.17, 15) is 18.0 Å². The molecular weight excluding hydrogens is 371 g/mol. The third-order valence-electron chi connectivity index (χ3n) is 3.61. The SMILES string of the molecule is CC(N)(C(=O)NCCOc1ncc(C(F)(F)F)cc1Cl)c1ccccc1. The molecule has 0 bridgehead atoms. The van der Waals surface area contributed by atoms with E-state index in [1.165, 1.54) is 0 Å². The third-order valence-corrected chi connectivity index (χ3v) is 3.88. The smallest absolute Gasteiger partial charge is 0.417 e. The maximum atomic E-state index is 12.5. The maximum absolute atomic E-state index is 12.5. The van der Waals surface area contributed by atoms with Crippen LogP contribution in [0.25, 0.3) is 0 Å². The van der Waals surface area contributed by atoms with Gasteiger partial charge < -0.3 is 15.8 Å². The normalized spacial score (nSPS) is 13.8. The van der Waals surface area contributed by atoms with Crippen LogP contribution in [0.1, 0.15) is 18.1 Å². The molecule has 1 heterocycles. The second kappa shape index (κ2) is 7.92. The van der Waals surface area contributed by atoms with Crippen molar-refractivity contribution in [2.24, 2.45) is 5.73 Å². The van der Waals surface area contributed by atoms with Crippen molar-refractivity contribution in [2.75, 3.05) is 13.2 Å². The van der Waals surface area contributed by atoms with Gasteiger partial charge in [-0.25, -0.2) is 4.98 Å². The van der Waals surface area contributed by atoms with E-state index in [0.717, 1.165) is 6.07 Å². The molecule has 0 radical (unpaired) electrons. The Balaban J connectivity index is 1.88. The summed E-state index contributed by atoms with van der Waals surface area (Å²) < 4.78 is 42.9. The average Bonchev–Trinajstić information content (AvgIpc) is 2.59. The van der Waals surface area contributed by atoms with E-state index in [2.05, 4.69) is 10.3 Å². The summed E-state index contributed by atoms with van der Waals surface area (Å²) in [5.41, 5.74) is 4.51. The molecule has 1 aromatic heterocycles. The van der Waals surface area contributed by atoms with E-state index in [0.29, 0.717) is 11.8 Å². The van der Waals surface area contributed by atoms with E-state index in [1.54, 1.807) is 31.2 Å². The van der Waals surface area contributed by atoms with Gasteiger partial charge in [0.25, 0.3) is 0 Å². The van der Waals surface area contributed by atoms with E-state index >= 15 is 0 Å². The fraction of sp³-hybridized carbons (Fsp3) is 0.294. The molecule has 1 atom stereocenters. The van der Waals surface area contributed by atoms with Crippen molar-refractivity contribution in [1.82, 2.24) is 10.3 Å². The van der Waals surface area contributed by atoms with Gasteiger partial charge in [-0.1, -0.05) is 41.9 Å². The molecule has 2 aromatic rings. The Hall–Kier alpha value is -2.32. The van der Waals surface area contributed by atoms with Crippen molar-refractivity contribution in [2.45, 2.75) is 18.6 Å². The van der Waals surface area contributed by atoms with E-state index in [-0.39, 0.29) is 24.1 Å². The van der Waals surface area contributed by atoms with Gasteiger partial charge in [0, 0.05) is 6.20 Å². The van der Waals surface area contributed by atoms with Crippen LogP contribution in [-0.2, 0) is 16.5 Å². The maximum Gasteiger partial charge on any atom is 0.417 e. The lowest BCUT2D eigenvalue weighted by molar-refractivity contribution is -0.137. The van der Waals surface area contributed by atoms with Gasteiger partial charge in [-0.05, 0) is 18.6 Å². The largest absolute Gasteiger partial charge is 0.475 e. The molecule has 0 aliphatic carbocycles. The fourth-order valence-corrected chi connectivity index (χ4v) is 2.32. The highest BCUT2D eigenvalue weighted by atomic mass is 35.5. The molecule has 26 heavy (non-hydrogen) atoms. The summed E-state index contributed by atoms with van der Waals surface area (Å²) in [4.78, 5) is 15.8. The molecular formula is C17H17ClF3N3O2. The molecule has 1 unspecified atom stereocenters. The van der Waals surface area contributed by atoms with Gasteiger partial charge >= 0.3 is 6.18 Å². The number of hydrogen-bond donors (Lipinski definition) is 2. The van der Waals surface area contributed by atoms with E-state index in [1.807, 2.05) is 6.07 Å². The van der Waals surface area contributed by atoms with Crippen LogP contribution >= 0.6 is 11.6 Å². The first-order valence-corrected chi connectivity index (χ1v) is 7.98. The van der Waals surface area contributed by atoms with Crippen LogP contribution in [0.4, 0.5) is 13.2 Å². The van der Waals surface area contributed by atoms with E-state index < -0.39 is 23.2 Å². The molecule has 0 aliphatic heterocycles. The zero-order valence-electron chi connectivity index (χ0n) is 13.8. The predicted molar refractivity (Wildman–Crippen MR) is 90.7 cm³/mol. The number of halogens is 4. The third kappa shape index (κ3) is 4.86. The molecule has 1 amide bonds. The van der Waals surface area contributed by atoms with Crippen LogP contribution in [0.15, 0.2) is 42.6 Å². The number of hydrogen-bond acceptors (Lipinski definition) is 4. The number of nitrogens with zero attached hydrogens (tertiary/aromatic N) is 1. The Kier molecular flexibility index (Phi) is 6.09. The number of aromatic nitrogens is 1. The number of benzene rings is 1. The Morgan fingerprint density at radius 3 is 2.50 bits per heavy atom. The minimum absolute atomic E-state index is 0.0330. The van der Waals surface area contributed by atoms with Gasteiger partial charge in [0.05, 0.1) is 12.1 Å². The number of rotatable bonds is 6. The van der Waals surface area contributed by atoms with Gasteiger partial charge in [-0.3, -0.25) is 4.79 Å². The van der Waals surface area contributed by atoms with Gasteiger partial charge in [0.15, 0.2) is 0 Å². The molecule has 0 spiro atoms. The van der Waals surface area contributed by atoms with Gasteiger partial charge in [-0.15, -0.1) is 0 Å². The van der Waals surface area contributed by atoms with Gasteiger partial charge in [0.2, 0.25) is 11.8 Å². The molecule has 5 nitrogen and oxygen atoms in total. The topological polar surface area (TPSA) is 77.2 Å². The molecule has 0 fully saturated rings. The van der Waals surface area contributed by atoms with Crippen molar-refractivity contribution in [1.29, 1.82) is 0 Å². The summed E-state index contributed by atoms with van der Waals surface area (Å²) in [5.74, 6) is -0.564. The highest BCUT2D eigenvalue weighted by Crippen LogP contribution is 2.33. The molecule has 3 N–H and O–H groups in total. The lowest BCUT2D eigenvalue weighted by Crippen LogP contribution is -2.49. The van der Waals surface area contributed by atoms with Crippen LogP contribution in [0, 0.1) is 0 Å². The second-order valence-corrected chi connectivity index (χ2v) is 6.09. The summed E-state index contributed by atoms with van der Waals surface area (Å²) in [6.45, 7) is 1.62. The zero-order chi connectivity index (χ0) is 19.4. The van der Waals surface area contributed by atoms with Crippen molar-refractivity contribution >= 4 is 17.5 Å². The van der Waals surface area contributed by atoms with Crippen LogP contribution < -0.4 is 15.8 Å². The van der Waals surface area contributed by atoms with Crippen LogP contribution in [-0.4, -0.2) is 24.0 Å². The van der Waals surface area contributed by atoms with Crippen LogP contribution in [0.3, 0.4) is 0 Å². The number of alkyl halides is 3. The number of nitrogens with one attached hydrogen (secondary N) is 1. The predicted octanol–water partition coefficient (Wildman–Crippen LogP) is 3.12. The quantitative estimate of drug-likeness (QED) is 0.746. The average molecular weight is 388 g/mol. The second-order valence-electron chi connectivity index (χ2n) is 5.68. The van der Waals surface area contributed by atoms with Crippen molar-refractivity contribution < 1.29 is 22.7 Å². The lowest BCUT2D eigenvalue weighted by Gasteiger charge is -2.24.